The highest BCUT2D eigenvalue weighted by atomic mass is 35.5. The molecule has 0 heterocycles. The number of ether oxygens (including phenoxy) is 1. The summed E-state index contributed by atoms with van der Waals surface area (Å²) >= 11 is 12.2. The Labute approximate surface area is 186 Å². The molecule has 0 saturated heterocycles. The monoisotopic (exact) mass is 460 g/mol. The smallest absolute Gasteiger partial charge is 0.318 e. The van der Waals surface area contributed by atoms with E-state index in [0.29, 0.717) is 22.3 Å². The van der Waals surface area contributed by atoms with Gasteiger partial charge in [-0.3, -0.25) is 20.2 Å². The molecule has 0 amide bonds. The van der Waals surface area contributed by atoms with Crippen molar-refractivity contribution in [1.29, 1.82) is 0 Å². The van der Waals surface area contributed by atoms with Crippen LogP contribution < -0.4 is 10.2 Å². The van der Waals surface area contributed by atoms with Crippen LogP contribution in [0.4, 0.5) is 11.4 Å². The Bertz CT molecular complexity index is 1130. The van der Waals surface area contributed by atoms with Crippen LogP contribution in [0.1, 0.15) is 11.1 Å². The van der Waals surface area contributed by atoms with Crippen LogP contribution in [-0.2, 0) is 6.54 Å². The third kappa shape index (κ3) is 5.68. The molecular weight excluding hydrogens is 447 g/mol. The first kappa shape index (κ1) is 22.0. The molecule has 1 N–H and O–H groups in total. The van der Waals surface area contributed by atoms with Crippen LogP contribution >= 0.6 is 23.2 Å². The molecule has 9 nitrogen and oxygen atoms in total. The number of hydrogen-bond donors (Lipinski definition) is 1. The summed E-state index contributed by atoms with van der Waals surface area (Å²) in [6.07, 6.45) is 1.57. The Balaban J connectivity index is 1.65. The second-order valence-corrected chi connectivity index (χ2v) is 6.95. The van der Waals surface area contributed by atoms with E-state index in [2.05, 4.69) is 10.5 Å². The molecule has 0 bridgehead atoms. The number of rotatable bonds is 8. The van der Waals surface area contributed by atoms with Gasteiger partial charge in [-0.05, 0) is 48.0 Å². The highest BCUT2D eigenvalue weighted by Crippen LogP contribution is 2.34. The molecule has 0 atom stereocenters. The number of hydrazone groups is 1. The second kappa shape index (κ2) is 9.88. The van der Waals surface area contributed by atoms with Crippen molar-refractivity contribution in [2.45, 2.75) is 6.54 Å². The second-order valence-electron chi connectivity index (χ2n) is 6.13. The lowest BCUT2D eigenvalue weighted by atomic mass is 10.2. The fourth-order valence-corrected chi connectivity index (χ4v) is 3.07. The van der Waals surface area contributed by atoms with Crippen molar-refractivity contribution in [1.82, 2.24) is 5.43 Å². The summed E-state index contributed by atoms with van der Waals surface area (Å²) in [5.74, 6) is 0.222. The average molecular weight is 461 g/mol. The fraction of sp³-hybridized carbons (Fsp3) is 0.0500. The largest absolute Gasteiger partial charge is 0.450 e. The van der Waals surface area contributed by atoms with E-state index in [9.17, 15) is 20.2 Å². The third-order valence-electron chi connectivity index (χ3n) is 4.08. The molecule has 0 saturated carbocycles. The predicted molar refractivity (Wildman–Crippen MR) is 117 cm³/mol. The van der Waals surface area contributed by atoms with Gasteiger partial charge in [-0.25, -0.2) is 0 Å². The summed E-state index contributed by atoms with van der Waals surface area (Å²) < 4.78 is 5.52. The van der Waals surface area contributed by atoms with E-state index in [-0.39, 0.29) is 5.75 Å². The van der Waals surface area contributed by atoms with Gasteiger partial charge in [0.2, 0.25) is 5.75 Å². The van der Waals surface area contributed by atoms with Crippen molar-refractivity contribution in [3.63, 3.8) is 0 Å². The number of benzene rings is 3. The van der Waals surface area contributed by atoms with Crippen LogP contribution in [0.2, 0.25) is 10.0 Å². The van der Waals surface area contributed by atoms with Crippen LogP contribution in [-0.4, -0.2) is 16.1 Å². The van der Waals surface area contributed by atoms with E-state index in [0.717, 1.165) is 23.3 Å². The maximum atomic E-state index is 11.2. The summed E-state index contributed by atoms with van der Waals surface area (Å²) in [6, 6.07) is 15.0. The first-order chi connectivity index (χ1) is 14.8. The van der Waals surface area contributed by atoms with Gasteiger partial charge >= 0.3 is 5.69 Å². The molecule has 3 aromatic rings. The molecule has 31 heavy (non-hydrogen) atoms. The van der Waals surface area contributed by atoms with Crippen LogP contribution in [0.3, 0.4) is 0 Å². The van der Waals surface area contributed by atoms with Gasteiger partial charge in [0.05, 0.1) is 28.7 Å². The van der Waals surface area contributed by atoms with Crippen molar-refractivity contribution < 1.29 is 14.6 Å². The highest BCUT2D eigenvalue weighted by molar-refractivity contribution is 6.35. The van der Waals surface area contributed by atoms with Gasteiger partial charge in [-0.15, -0.1) is 0 Å². The zero-order valence-corrected chi connectivity index (χ0v) is 17.2. The normalized spacial score (nSPS) is 10.8. The maximum Gasteiger partial charge on any atom is 0.318 e. The summed E-state index contributed by atoms with van der Waals surface area (Å²) in [7, 11) is 0. The summed E-state index contributed by atoms with van der Waals surface area (Å²) in [5, 5.41) is 27.2. The minimum absolute atomic E-state index is 0.102. The standard InChI is InChI=1S/C20H14Cl2N4O5/c21-17-2-1-3-18(22)16(17)12-24-23-11-13-4-7-15(8-5-13)31-20-9-6-14(25(27)28)10-19(20)26(29)30/h1-11,24H,12H2/b23-11-. The SMILES string of the molecule is O=[N+]([O-])c1ccc(Oc2ccc(/C=N\NCc3c(Cl)cccc3Cl)cc2)c([N+](=O)[O-])c1. The zero-order chi connectivity index (χ0) is 22.4. The Morgan fingerprint density at radius 1 is 0.968 bits per heavy atom. The van der Waals surface area contributed by atoms with Crippen molar-refractivity contribution >= 4 is 40.8 Å². The van der Waals surface area contributed by atoms with Gasteiger partial charge < -0.3 is 10.2 Å². The van der Waals surface area contributed by atoms with Gasteiger partial charge in [0.1, 0.15) is 5.75 Å². The number of hydrogen-bond acceptors (Lipinski definition) is 7. The van der Waals surface area contributed by atoms with Gasteiger partial charge in [0.15, 0.2) is 0 Å². The Morgan fingerprint density at radius 3 is 2.26 bits per heavy atom. The fourth-order valence-electron chi connectivity index (χ4n) is 2.54. The lowest BCUT2D eigenvalue weighted by Crippen LogP contribution is -2.06. The first-order valence-electron chi connectivity index (χ1n) is 8.74. The highest BCUT2D eigenvalue weighted by Gasteiger charge is 2.21. The van der Waals surface area contributed by atoms with Crippen LogP contribution in [0, 0.1) is 20.2 Å². The molecule has 0 unspecified atom stereocenters. The van der Waals surface area contributed by atoms with Crippen LogP contribution in [0.15, 0.2) is 65.8 Å². The molecule has 0 radical (unpaired) electrons. The maximum absolute atomic E-state index is 11.2. The summed E-state index contributed by atoms with van der Waals surface area (Å²) in [6.45, 7) is 0.347. The van der Waals surface area contributed by atoms with Crippen LogP contribution in [0.25, 0.3) is 0 Å². The van der Waals surface area contributed by atoms with E-state index < -0.39 is 21.2 Å². The quantitative estimate of drug-likeness (QED) is 0.260. The van der Waals surface area contributed by atoms with Gasteiger partial charge in [-0.1, -0.05) is 29.3 Å². The van der Waals surface area contributed by atoms with E-state index in [4.69, 9.17) is 27.9 Å². The molecule has 0 fully saturated rings. The molecule has 3 aromatic carbocycles. The van der Waals surface area contributed by atoms with Crippen molar-refractivity contribution in [2.75, 3.05) is 0 Å². The number of nitro benzene ring substituents is 2. The van der Waals surface area contributed by atoms with Gasteiger partial charge in [0, 0.05) is 21.7 Å². The molecular formula is C20H14Cl2N4O5. The third-order valence-corrected chi connectivity index (χ3v) is 4.79. The number of nitrogens with one attached hydrogen (secondary N) is 1. The molecule has 3 rings (SSSR count). The summed E-state index contributed by atoms with van der Waals surface area (Å²) in [5.41, 5.74) is 3.44. The molecule has 0 aliphatic heterocycles. The van der Waals surface area contributed by atoms with E-state index in [1.807, 2.05) is 0 Å². The zero-order valence-electron chi connectivity index (χ0n) is 15.7. The molecule has 0 aromatic heterocycles. The van der Waals surface area contributed by atoms with E-state index in [1.165, 1.54) is 6.07 Å². The lowest BCUT2D eigenvalue weighted by Gasteiger charge is -2.07. The number of nitrogens with zero attached hydrogens (tertiary/aromatic N) is 3. The lowest BCUT2D eigenvalue weighted by molar-refractivity contribution is -0.394. The molecule has 0 aliphatic carbocycles. The molecule has 0 aliphatic rings. The summed E-state index contributed by atoms with van der Waals surface area (Å²) in [4.78, 5) is 20.6. The Morgan fingerprint density at radius 2 is 1.65 bits per heavy atom. The molecule has 11 heteroatoms. The minimum atomic E-state index is -0.736. The Kier molecular flexibility index (Phi) is 7.01. The van der Waals surface area contributed by atoms with E-state index >= 15 is 0 Å². The van der Waals surface area contributed by atoms with Gasteiger partial charge in [0.25, 0.3) is 5.69 Å². The predicted octanol–water partition coefficient (Wildman–Crippen LogP) is 5.73. The van der Waals surface area contributed by atoms with Crippen molar-refractivity contribution in [3.8, 4) is 11.5 Å². The van der Waals surface area contributed by atoms with Crippen LogP contribution in [0.5, 0.6) is 11.5 Å². The van der Waals surface area contributed by atoms with Gasteiger partial charge in [-0.2, -0.15) is 5.10 Å². The topological polar surface area (TPSA) is 120 Å². The van der Waals surface area contributed by atoms with Crippen molar-refractivity contribution in [3.05, 3.63) is 102 Å². The van der Waals surface area contributed by atoms with Crippen molar-refractivity contribution in [2.24, 2.45) is 5.10 Å². The Hall–Kier alpha value is -3.69. The molecule has 0 spiro atoms. The first-order valence-corrected chi connectivity index (χ1v) is 9.50. The minimum Gasteiger partial charge on any atom is -0.450 e. The molecule has 158 valence electrons. The number of halogens is 2. The average Bonchev–Trinajstić information content (AvgIpc) is 2.74. The number of non-ortho nitro benzene ring substituents is 1. The van der Waals surface area contributed by atoms with E-state index in [1.54, 1.807) is 48.7 Å². The number of nitro groups is 2.